The van der Waals surface area contributed by atoms with Crippen LogP contribution in [-0.4, -0.2) is 13.2 Å². The summed E-state index contributed by atoms with van der Waals surface area (Å²) in [5.74, 6) is 0. The Morgan fingerprint density at radius 3 is 2.00 bits per heavy atom. The molecule has 3 nitrogen and oxygen atoms in total. The summed E-state index contributed by atoms with van der Waals surface area (Å²) in [6, 6.07) is 13.0. The third-order valence-corrected chi connectivity index (χ3v) is 5.20. The molecule has 1 unspecified atom stereocenters. The minimum Gasteiger partial charge on any atom is -0.453 e. The zero-order valence-electron chi connectivity index (χ0n) is 16.9. The third-order valence-electron chi connectivity index (χ3n) is 5.20. The molecule has 0 fully saturated rings. The van der Waals surface area contributed by atoms with E-state index in [4.69, 9.17) is 4.74 Å². The molecule has 2 aromatic rings. The highest BCUT2D eigenvalue weighted by Gasteiger charge is 2.32. The first-order valence-electron chi connectivity index (χ1n) is 9.16. The molecule has 1 amide bonds. The second kappa shape index (κ2) is 6.15. The van der Waals surface area contributed by atoms with Crippen molar-refractivity contribution in [2.75, 3.05) is 7.11 Å². The number of nitrogens with one attached hydrogen (secondary N) is 1. The summed E-state index contributed by atoms with van der Waals surface area (Å²) < 4.78 is 4.87. The fourth-order valence-corrected chi connectivity index (χ4v) is 3.52. The summed E-state index contributed by atoms with van der Waals surface area (Å²) in [6.07, 6.45) is -0.408. The number of carbonyl (C=O) groups is 1. The van der Waals surface area contributed by atoms with E-state index in [-0.39, 0.29) is 16.9 Å². The Morgan fingerprint density at radius 2 is 1.42 bits per heavy atom. The monoisotopic (exact) mass is 351 g/mol. The minimum atomic E-state index is -0.408. The first kappa shape index (κ1) is 18.5. The standard InChI is InChI=1S/C23H29NO2/c1-22(2,3)14-9-11-17-18(12-14)16-10-8-15(23(4,5)6)13-19(16)20(17)24-21(25)26-7/h8-13,20H,1-7H3,(H,24,25). The first-order chi connectivity index (χ1) is 12.0. The molecular weight excluding hydrogens is 322 g/mol. The lowest BCUT2D eigenvalue weighted by atomic mass is 9.84. The molecule has 3 rings (SSSR count). The maximum absolute atomic E-state index is 12.0. The topological polar surface area (TPSA) is 38.3 Å². The molecule has 1 N–H and O–H groups in total. The molecule has 0 saturated carbocycles. The maximum Gasteiger partial charge on any atom is 0.407 e. The average Bonchev–Trinajstić information content (AvgIpc) is 2.86. The molecule has 0 saturated heterocycles. The van der Waals surface area contributed by atoms with Gasteiger partial charge in [-0.1, -0.05) is 77.9 Å². The van der Waals surface area contributed by atoms with E-state index in [0.717, 1.165) is 11.1 Å². The van der Waals surface area contributed by atoms with Gasteiger partial charge < -0.3 is 10.1 Å². The summed E-state index contributed by atoms with van der Waals surface area (Å²) >= 11 is 0. The predicted octanol–water partition coefficient (Wildman–Crippen LogP) is 5.71. The van der Waals surface area contributed by atoms with E-state index < -0.39 is 6.09 Å². The highest BCUT2D eigenvalue weighted by Crippen LogP contribution is 2.46. The molecule has 1 aliphatic rings. The van der Waals surface area contributed by atoms with Crippen LogP contribution in [0.5, 0.6) is 0 Å². The van der Waals surface area contributed by atoms with E-state index in [1.165, 1.54) is 29.4 Å². The number of rotatable bonds is 1. The number of fused-ring (bicyclic) bond motifs is 3. The van der Waals surface area contributed by atoms with Crippen LogP contribution in [0.1, 0.15) is 69.8 Å². The molecule has 2 aromatic carbocycles. The van der Waals surface area contributed by atoms with Crippen molar-refractivity contribution in [2.45, 2.75) is 58.4 Å². The maximum atomic E-state index is 12.0. The van der Waals surface area contributed by atoms with Crippen molar-refractivity contribution in [3.63, 3.8) is 0 Å². The normalized spacial score (nSPS) is 16.0. The molecule has 26 heavy (non-hydrogen) atoms. The van der Waals surface area contributed by atoms with Crippen molar-refractivity contribution in [3.05, 3.63) is 58.7 Å². The van der Waals surface area contributed by atoms with Crippen LogP contribution in [0.15, 0.2) is 36.4 Å². The van der Waals surface area contributed by atoms with Gasteiger partial charge in [-0.2, -0.15) is 0 Å². The molecule has 0 spiro atoms. The fraction of sp³-hybridized carbons (Fsp3) is 0.435. The molecule has 0 aliphatic heterocycles. The van der Waals surface area contributed by atoms with Gasteiger partial charge >= 0.3 is 6.09 Å². The van der Waals surface area contributed by atoms with Gasteiger partial charge in [0.15, 0.2) is 0 Å². The highest BCUT2D eigenvalue weighted by atomic mass is 16.5. The summed E-state index contributed by atoms with van der Waals surface area (Å²) in [4.78, 5) is 12.0. The van der Waals surface area contributed by atoms with Crippen molar-refractivity contribution < 1.29 is 9.53 Å². The van der Waals surface area contributed by atoms with Crippen molar-refractivity contribution in [3.8, 4) is 11.1 Å². The summed E-state index contributed by atoms with van der Waals surface area (Å²) in [5, 5.41) is 3.02. The van der Waals surface area contributed by atoms with Crippen LogP contribution in [-0.2, 0) is 15.6 Å². The van der Waals surface area contributed by atoms with Crippen molar-refractivity contribution in [2.24, 2.45) is 0 Å². The highest BCUT2D eigenvalue weighted by molar-refractivity contribution is 5.82. The summed E-state index contributed by atoms with van der Waals surface area (Å²) in [6.45, 7) is 13.3. The van der Waals surface area contributed by atoms with E-state index >= 15 is 0 Å². The number of alkyl carbamates (subject to hydrolysis) is 1. The van der Waals surface area contributed by atoms with E-state index in [0.29, 0.717) is 0 Å². The van der Waals surface area contributed by atoms with Gasteiger partial charge in [-0.25, -0.2) is 4.79 Å². The van der Waals surface area contributed by atoms with Gasteiger partial charge in [-0.05, 0) is 44.2 Å². The SMILES string of the molecule is COC(=O)NC1c2ccc(C(C)(C)C)cc2-c2ccc(C(C)(C)C)cc21. The van der Waals surface area contributed by atoms with Crippen LogP contribution in [0.3, 0.4) is 0 Å². The quantitative estimate of drug-likeness (QED) is 0.715. The fourth-order valence-electron chi connectivity index (χ4n) is 3.52. The molecule has 138 valence electrons. The Bertz CT molecular complexity index is 853. The van der Waals surface area contributed by atoms with Gasteiger partial charge in [0.2, 0.25) is 0 Å². The van der Waals surface area contributed by atoms with Crippen LogP contribution in [0.2, 0.25) is 0 Å². The van der Waals surface area contributed by atoms with Crippen LogP contribution in [0, 0.1) is 0 Å². The van der Waals surface area contributed by atoms with Crippen molar-refractivity contribution in [1.82, 2.24) is 5.32 Å². The number of methoxy groups -OCH3 is 1. The van der Waals surface area contributed by atoms with E-state index in [2.05, 4.69) is 83.3 Å². The van der Waals surface area contributed by atoms with Gasteiger partial charge in [0.05, 0.1) is 13.2 Å². The molecule has 0 heterocycles. The van der Waals surface area contributed by atoms with Crippen LogP contribution in [0.25, 0.3) is 11.1 Å². The Labute approximate surface area is 156 Å². The van der Waals surface area contributed by atoms with Crippen molar-refractivity contribution >= 4 is 6.09 Å². The van der Waals surface area contributed by atoms with E-state index in [1.54, 1.807) is 0 Å². The van der Waals surface area contributed by atoms with Gasteiger partial charge in [0.25, 0.3) is 0 Å². The summed E-state index contributed by atoms with van der Waals surface area (Å²) in [7, 11) is 1.40. The van der Waals surface area contributed by atoms with Gasteiger partial charge in [-0.3, -0.25) is 0 Å². The number of hydrogen-bond donors (Lipinski definition) is 1. The lowest BCUT2D eigenvalue weighted by Gasteiger charge is -2.22. The number of hydrogen-bond acceptors (Lipinski definition) is 2. The zero-order chi connectivity index (χ0) is 19.3. The molecule has 0 bridgehead atoms. The smallest absolute Gasteiger partial charge is 0.407 e. The zero-order valence-corrected chi connectivity index (χ0v) is 16.9. The lowest BCUT2D eigenvalue weighted by Crippen LogP contribution is -2.28. The molecular formula is C23H29NO2. The predicted molar refractivity (Wildman–Crippen MR) is 107 cm³/mol. The molecule has 1 aliphatic carbocycles. The number of ether oxygens (including phenoxy) is 1. The van der Waals surface area contributed by atoms with Crippen molar-refractivity contribution in [1.29, 1.82) is 0 Å². The van der Waals surface area contributed by atoms with E-state index in [9.17, 15) is 4.79 Å². The summed E-state index contributed by atoms with van der Waals surface area (Å²) in [5.41, 5.74) is 7.35. The second-order valence-corrected chi connectivity index (χ2v) is 9.17. The van der Waals surface area contributed by atoms with Gasteiger partial charge in [-0.15, -0.1) is 0 Å². The molecule has 0 radical (unpaired) electrons. The van der Waals surface area contributed by atoms with Crippen LogP contribution in [0.4, 0.5) is 4.79 Å². The van der Waals surface area contributed by atoms with E-state index in [1.807, 2.05) is 0 Å². The number of benzene rings is 2. The Morgan fingerprint density at radius 1 is 0.846 bits per heavy atom. The molecule has 1 atom stereocenters. The van der Waals surface area contributed by atoms with Gasteiger partial charge in [0, 0.05) is 0 Å². The molecule has 3 heteroatoms. The average molecular weight is 351 g/mol. The number of amides is 1. The Balaban J connectivity index is 2.18. The van der Waals surface area contributed by atoms with Crippen LogP contribution < -0.4 is 5.32 Å². The Kier molecular flexibility index (Phi) is 4.38. The largest absolute Gasteiger partial charge is 0.453 e. The molecule has 0 aromatic heterocycles. The lowest BCUT2D eigenvalue weighted by molar-refractivity contribution is 0.168. The third kappa shape index (κ3) is 3.23. The van der Waals surface area contributed by atoms with Gasteiger partial charge in [0.1, 0.15) is 0 Å². The Hall–Kier alpha value is -2.29. The number of carbonyl (C=O) groups excluding carboxylic acids is 1. The van der Waals surface area contributed by atoms with Crippen LogP contribution >= 0.6 is 0 Å². The first-order valence-corrected chi connectivity index (χ1v) is 9.16. The minimum absolute atomic E-state index is 0.0518. The second-order valence-electron chi connectivity index (χ2n) is 9.17.